The standard InChI is InChI=1S/C18H20N2O4S/c1-13-7-10-16(25(22,23)20-15-8-9-15)11-17(13)18(21)19-24-12-14-5-3-2-4-6-14/h2-7,10-11,15,20H,8-9,12H2,1H3,(H,19,21). The first kappa shape index (κ1) is 17.6. The largest absolute Gasteiger partial charge is 0.275 e. The molecule has 6 nitrogen and oxygen atoms in total. The molecule has 0 radical (unpaired) electrons. The summed E-state index contributed by atoms with van der Waals surface area (Å²) in [4.78, 5) is 17.6. The maximum Gasteiger partial charge on any atom is 0.275 e. The van der Waals surface area contributed by atoms with E-state index in [4.69, 9.17) is 4.84 Å². The Morgan fingerprint density at radius 2 is 1.88 bits per heavy atom. The summed E-state index contributed by atoms with van der Waals surface area (Å²) in [6.45, 7) is 1.98. The molecule has 0 atom stereocenters. The van der Waals surface area contributed by atoms with Gasteiger partial charge in [0.15, 0.2) is 0 Å². The maximum atomic E-state index is 12.3. The van der Waals surface area contributed by atoms with E-state index in [-0.39, 0.29) is 23.1 Å². The van der Waals surface area contributed by atoms with Crippen LogP contribution >= 0.6 is 0 Å². The Labute approximate surface area is 147 Å². The quantitative estimate of drug-likeness (QED) is 0.742. The Morgan fingerprint density at radius 1 is 1.16 bits per heavy atom. The van der Waals surface area contributed by atoms with Crippen LogP contribution in [0.3, 0.4) is 0 Å². The summed E-state index contributed by atoms with van der Waals surface area (Å²) < 4.78 is 27.2. The van der Waals surface area contributed by atoms with E-state index in [0.717, 1.165) is 18.4 Å². The van der Waals surface area contributed by atoms with Crippen LogP contribution in [-0.2, 0) is 21.5 Å². The van der Waals surface area contributed by atoms with E-state index in [1.165, 1.54) is 12.1 Å². The summed E-state index contributed by atoms with van der Waals surface area (Å²) in [5.41, 5.74) is 4.23. The monoisotopic (exact) mass is 360 g/mol. The van der Waals surface area contributed by atoms with Gasteiger partial charge in [0.2, 0.25) is 10.0 Å². The summed E-state index contributed by atoms with van der Waals surface area (Å²) in [5.74, 6) is -0.475. The lowest BCUT2D eigenvalue weighted by molar-refractivity contribution is 0.0233. The van der Waals surface area contributed by atoms with Crippen LogP contribution in [0, 0.1) is 6.92 Å². The molecule has 1 aliphatic rings. The number of carbonyl (C=O) groups excluding carboxylic acids is 1. The molecule has 1 amide bonds. The Balaban J connectivity index is 1.68. The molecule has 0 aromatic heterocycles. The number of rotatable bonds is 7. The van der Waals surface area contributed by atoms with Crippen molar-refractivity contribution < 1.29 is 18.0 Å². The minimum Gasteiger partial charge on any atom is -0.269 e. The van der Waals surface area contributed by atoms with E-state index < -0.39 is 15.9 Å². The number of nitrogens with one attached hydrogen (secondary N) is 2. The average Bonchev–Trinajstić information content (AvgIpc) is 3.39. The number of sulfonamides is 1. The molecule has 0 unspecified atom stereocenters. The van der Waals surface area contributed by atoms with E-state index in [1.807, 2.05) is 30.3 Å². The highest BCUT2D eigenvalue weighted by molar-refractivity contribution is 7.89. The van der Waals surface area contributed by atoms with Crippen molar-refractivity contribution in [1.82, 2.24) is 10.2 Å². The number of hydrogen-bond acceptors (Lipinski definition) is 4. The minimum atomic E-state index is -3.60. The molecule has 0 saturated heterocycles. The molecule has 2 aromatic rings. The highest BCUT2D eigenvalue weighted by Crippen LogP contribution is 2.23. The van der Waals surface area contributed by atoms with Crippen molar-refractivity contribution in [2.24, 2.45) is 0 Å². The lowest BCUT2D eigenvalue weighted by Crippen LogP contribution is -2.27. The third-order valence-electron chi connectivity index (χ3n) is 3.91. The van der Waals surface area contributed by atoms with Gasteiger partial charge in [-0.25, -0.2) is 18.6 Å². The first-order valence-corrected chi connectivity index (χ1v) is 9.53. The van der Waals surface area contributed by atoms with Gasteiger partial charge in [0.05, 0.1) is 11.5 Å². The highest BCUT2D eigenvalue weighted by atomic mass is 32.2. The van der Waals surface area contributed by atoms with Crippen molar-refractivity contribution in [2.75, 3.05) is 0 Å². The summed E-state index contributed by atoms with van der Waals surface area (Å²) in [5, 5.41) is 0. The van der Waals surface area contributed by atoms with Crippen LogP contribution < -0.4 is 10.2 Å². The Morgan fingerprint density at radius 3 is 2.56 bits per heavy atom. The van der Waals surface area contributed by atoms with Gasteiger partial charge in [-0.15, -0.1) is 0 Å². The zero-order valence-corrected chi connectivity index (χ0v) is 14.7. The molecular formula is C18H20N2O4S. The zero-order valence-electron chi connectivity index (χ0n) is 13.9. The van der Waals surface area contributed by atoms with Crippen LogP contribution in [0.1, 0.15) is 34.3 Å². The van der Waals surface area contributed by atoms with Crippen LogP contribution in [0.5, 0.6) is 0 Å². The second-order valence-electron chi connectivity index (χ2n) is 6.08. The zero-order chi connectivity index (χ0) is 17.9. The van der Waals surface area contributed by atoms with Crippen molar-refractivity contribution in [3.8, 4) is 0 Å². The molecule has 0 heterocycles. The minimum absolute atomic E-state index is 0.0118. The molecule has 1 aliphatic carbocycles. The van der Waals surface area contributed by atoms with Gasteiger partial charge in [0, 0.05) is 11.6 Å². The normalized spacial score (nSPS) is 14.3. The summed E-state index contributed by atoms with van der Waals surface area (Å²) in [6, 6.07) is 13.9. The molecule has 0 spiro atoms. The topological polar surface area (TPSA) is 84.5 Å². The summed E-state index contributed by atoms with van der Waals surface area (Å²) >= 11 is 0. The lowest BCUT2D eigenvalue weighted by atomic mass is 10.1. The molecule has 7 heteroatoms. The maximum absolute atomic E-state index is 12.3. The Bertz CT molecular complexity index is 862. The van der Waals surface area contributed by atoms with Gasteiger partial charge in [-0.3, -0.25) is 9.63 Å². The van der Waals surface area contributed by atoms with Gasteiger partial charge < -0.3 is 0 Å². The third-order valence-corrected chi connectivity index (χ3v) is 5.43. The number of amides is 1. The fourth-order valence-electron chi connectivity index (χ4n) is 2.32. The van der Waals surface area contributed by atoms with Gasteiger partial charge in [-0.05, 0) is 43.0 Å². The molecule has 132 valence electrons. The molecule has 2 aromatic carbocycles. The highest BCUT2D eigenvalue weighted by Gasteiger charge is 2.28. The van der Waals surface area contributed by atoms with Crippen LogP contribution in [0.25, 0.3) is 0 Å². The molecule has 0 aliphatic heterocycles. The second kappa shape index (κ2) is 7.35. The van der Waals surface area contributed by atoms with E-state index in [0.29, 0.717) is 5.56 Å². The van der Waals surface area contributed by atoms with Crippen LogP contribution in [-0.4, -0.2) is 20.4 Å². The van der Waals surface area contributed by atoms with Crippen LogP contribution in [0.15, 0.2) is 53.4 Å². The van der Waals surface area contributed by atoms with E-state index in [9.17, 15) is 13.2 Å². The first-order valence-electron chi connectivity index (χ1n) is 8.05. The number of carbonyl (C=O) groups is 1. The summed E-state index contributed by atoms with van der Waals surface area (Å²) in [6.07, 6.45) is 1.71. The third kappa shape index (κ3) is 4.66. The molecule has 1 fully saturated rings. The van der Waals surface area contributed by atoms with E-state index >= 15 is 0 Å². The van der Waals surface area contributed by atoms with Crippen molar-refractivity contribution in [3.05, 3.63) is 65.2 Å². The average molecular weight is 360 g/mol. The SMILES string of the molecule is Cc1ccc(S(=O)(=O)NC2CC2)cc1C(=O)NOCc1ccccc1. The molecule has 0 bridgehead atoms. The molecule has 2 N–H and O–H groups in total. The van der Waals surface area contributed by atoms with E-state index in [1.54, 1.807) is 13.0 Å². The van der Waals surface area contributed by atoms with Gasteiger partial charge in [-0.1, -0.05) is 36.4 Å². The molecule has 3 rings (SSSR count). The molecule has 1 saturated carbocycles. The van der Waals surface area contributed by atoms with E-state index in [2.05, 4.69) is 10.2 Å². The van der Waals surface area contributed by atoms with Crippen molar-refractivity contribution in [3.63, 3.8) is 0 Å². The summed E-state index contributed by atoms with van der Waals surface area (Å²) in [7, 11) is -3.60. The smallest absolute Gasteiger partial charge is 0.269 e. The molecular weight excluding hydrogens is 340 g/mol. The predicted octanol–water partition coefficient (Wildman–Crippen LogP) is 2.30. The number of hydrogen-bond donors (Lipinski definition) is 2. The predicted molar refractivity (Wildman–Crippen MR) is 93.2 cm³/mol. The van der Waals surface area contributed by atoms with Gasteiger partial charge in [0.25, 0.3) is 5.91 Å². The number of benzene rings is 2. The molecule has 25 heavy (non-hydrogen) atoms. The first-order chi connectivity index (χ1) is 12.0. The lowest BCUT2D eigenvalue weighted by Gasteiger charge is -2.11. The van der Waals surface area contributed by atoms with Crippen molar-refractivity contribution in [2.45, 2.75) is 37.3 Å². The Hall–Kier alpha value is -2.22. The number of aryl methyl sites for hydroxylation is 1. The second-order valence-corrected chi connectivity index (χ2v) is 7.79. The van der Waals surface area contributed by atoms with Crippen molar-refractivity contribution >= 4 is 15.9 Å². The van der Waals surface area contributed by atoms with Gasteiger partial charge in [0.1, 0.15) is 0 Å². The van der Waals surface area contributed by atoms with Gasteiger partial charge in [-0.2, -0.15) is 0 Å². The van der Waals surface area contributed by atoms with Gasteiger partial charge >= 0.3 is 0 Å². The Kier molecular flexibility index (Phi) is 5.17. The van der Waals surface area contributed by atoms with Crippen LogP contribution in [0.2, 0.25) is 0 Å². The number of hydroxylamine groups is 1. The fraction of sp³-hybridized carbons (Fsp3) is 0.278. The fourth-order valence-corrected chi connectivity index (χ4v) is 3.65. The van der Waals surface area contributed by atoms with Crippen LogP contribution in [0.4, 0.5) is 0 Å². The van der Waals surface area contributed by atoms with Crippen molar-refractivity contribution in [1.29, 1.82) is 0 Å².